The number of hydrogen-bond donors (Lipinski definition) is 2. The van der Waals surface area contributed by atoms with Crippen LogP contribution >= 0.6 is 0 Å². The number of carbonyl (C=O) groups excluding carboxylic acids is 1. The molecule has 1 aliphatic rings. The van der Waals surface area contributed by atoms with E-state index in [2.05, 4.69) is 10.4 Å². The van der Waals surface area contributed by atoms with Crippen molar-refractivity contribution in [3.63, 3.8) is 0 Å². The number of hydrogen-bond acceptors (Lipinski definition) is 4. The highest BCUT2D eigenvalue weighted by molar-refractivity contribution is 5.76. The number of methoxy groups -OCH3 is 1. The van der Waals surface area contributed by atoms with Gasteiger partial charge in [0.1, 0.15) is 0 Å². The molecule has 2 aromatic rings. The van der Waals surface area contributed by atoms with Gasteiger partial charge in [-0.25, -0.2) is 4.39 Å². The van der Waals surface area contributed by atoms with Crippen molar-refractivity contribution >= 4 is 5.91 Å². The summed E-state index contributed by atoms with van der Waals surface area (Å²) in [6, 6.07) is 6.27. The molecule has 0 bridgehead atoms. The summed E-state index contributed by atoms with van der Waals surface area (Å²) in [4.78, 5) is 12.4. The van der Waals surface area contributed by atoms with Gasteiger partial charge in [0.25, 0.3) is 0 Å². The van der Waals surface area contributed by atoms with Crippen molar-refractivity contribution in [3.8, 4) is 5.75 Å². The highest BCUT2D eigenvalue weighted by atomic mass is 19.1. The molecule has 1 amide bonds. The number of nitrogens with one attached hydrogen (secondary N) is 1. The van der Waals surface area contributed by atoms with Crippen LogP contribution in [0.4, 0.5) is 4.39 Å². The summed E-state index contributed by atoms with van der Waals surface area (Å²) in [5.74, 6) is -0.325. The Morgan fingerprint density at radius 2 is 2.23 bits per heavy atom. The van der Waals surface area contributed by atoms with Crippen molar-refractivity contribution < 1.29 is 19.0 Å². The summed E-state index contributed by atoms with van der Waals surface area (Å²) >= 11 is 0. The summed E-state index contributed by atoms with van der Waals surface area (Å²) in [6.45, 7) is 2.42. The molecule has 26 heavy (non-hydrogen) atoms. The summed E-state index contributed by atoms with van der Waals surface area (Å²) in [5, 5.41) is 16.8. The minimum atomic E-state index is -0.462. The van der Waals surface area contributed by atoms with Gasteiger partial charge in [0.15, 0.2) is 11.6 Å². The SMILES string of the molecule is COc1ccc([C@@H](NC(=O)CCn2nccc2C)C2CC(O)C2)cc1F. The van der Waals surface area contributed by atoms with Gasteiger partial charge in [-0.3, -0.25) is 9.48 Å². The number of nitrogens with zero attached hydrogens (tertiary/aromatic N) is 2. The maximum absolute atomic E-state index is 14.1. The average Bonchev–Trinajstić information content (AvgIpc) is 3.00. The maximum atomic E-state index is 14.1. The van der Waals surface area contributed by atoms with Crippen LogP contribution in [0, 0.1) is 18.7 Å². The number of benzene rings is 1. The fourth-order valence-electron chi connectivity index (χ4n) is 3.34. The van der Waals surface area contributed by atoms with Crippen molar-refractivity contribution in [1.29, 1.82) is 0 Å². The number of halogens is 1. The molecular formula is C19H24FN3O3. The first-order valence-corrected chi connectivity index (χ1v) is 8.77. The molecule has 0 aliphatic heterocycles. The molecule has 140 valence electrons. The Balaban J connectivity index is 1.69. The van der Waals surface area contributed by atoms with Crippen LogP contribution in [0.5, 0.6) is 5.75 Å². The second kappa shape index (κ2) is 7.86. The van der Waals surface area contributed by atoms with Crippen LogP contribution in [0.3, 0.4) is 0 Å². The molecule has 0 unspecified atom stereocenters. The van der Waals surface area contributed by atoms with E-state index in [1.807, 2.05) is 13.0 Å². The molecule has 0 spiro atoms. The lowest BCUT2D eigenvalue weighted by molar-refractivity contribution is -0.123. The quantitative estimate of drug-likeness (QED) is 0.794. The van der Waals surface area contributed by atoms with E-state index in [0.717, 1.165) is 5.69 Å². The molecule has 2 N–H and O–H groups in total. The van der Waals surface area contributed by atoms with Crippen LogP contribution in [0.25, 0.3) is 0 Å². The summed E-state index contributed by atoms with van der Waals surface area (Å²) in [7, 11) is 1.41. The zero-order valence-corrected chi connectivity index (χ0v) is 15.0. The van der Waals surface area contributed by atoms with E-state index < -0.39 is 5.82 Å². The average molecular weight is 361 g/mol. The van der Waals surface area contributed by atoms with E-state index in [1.54, 1.807) is 23.0 Å². The molecule has 0 radical (unpaired) electrons. The van der Waals surface area contributed by atoms with Gasteiger partial charge in [0, 0.05) is 24.9 Å². The van der Waals surface area contributed by atoms with Crippen molar-refractivity contribution in [1.82, 2.24) is 15.1 Å². The van der Waals surface area contributed by atoms with Crippen LogP contribution in [0.15, 0.2) is 30.5 Å². The topological polar surface area (TPSA) is 76.4 Å². The zero-order chi connectivity index (χ0) is 18.7. The van der Waals surface area contributed by atoms with E-state index in [-0.39, 0.29) is 36.1 Å². The number of rotatable bonds is 7. The first-order valence-electron chi connectivity index (χ1n) is 8.77. The number of carbonyl (C=O) groups is 1. The Morgan fingerprint density at radius 1 is 1.46 bits per heavy atom. The number of amides is 1. The third-order valence-electron chi connectivity index (χ3n) is 4.95. The molecule has 1 saturated carbocycles. The normalized spacial score (nSPS) is 20.3. The van der Waals surface area contributed by atoms with Crippen LogP contribution in [0.2, 0.25) is 0 Å². The first-order chi connectivity index (χ1) is 12.5. The Hall–Kier alpha value is -2.41. The minimum absolute atomic E-state index is 0.0909. The fourth-order valence-corrected chi connectivity index (χ4v) is 3.34. The number of ether oxygens (including phenoxy) is 1. The summed E-state index contributed by atoms with van der Waals surface area (Å²) in [5.41, 5.74) is 1.68. The zero-order valence-electron chi connectivity index (χ0n) is 15.0. The predicted octanol–water partition coefficient (Wildman–Crippen LogP) is 2.36. The smallest absolute Gasteiger partial charge is 0.222 e. The van der Waals surface area contributed by atoms with E-state index in [0.29, 0.717) is 24.9 Å². The summed E-state index contributed by atoms with van der Waals surface area (Å²) in [6.07, 6.45) is 2.82. The van der Waals surface area contributed by atoms with Crippen molar-refractivity contribution in [2.75, 3.05) is 7.11 Å². The lowest BCUT2D eigenvalue weighted by atomic mass is 9.75. The van der Waals surface area contributed by atoms with Gasteiger partial charge in [-0.1, -0.05) is 6.07 Å². The first kappa shape index (κ1) is 18.4. The monoisotopic (exact) mass is 361 g/mol. The molecule has 6 nitrogen and oxygen atoms in total. The molecule has 1 heterocycles. The second-order valence-corrected chi connectivity index (χ2v) is 6.77. The second-order valence-electron chi connectivity index (χ2n) is 6.77. The number of aryl methyl sites for hydroxylation is 2. The molecule has 1 aromatic carbocycles. The molecule has 1 aliphatic carbocycles. The highest BCUT2D eigenvalue weighted by Gasteiger charge is 2.36. The van der Waals surface area contributed by atoms with Crippen LogP contribution in [0.1, 0.15) is 36.6 Å². The van der Waals surface area contributed by atoms with Crippen LogP contribution in [-0.2, 0) is 11.3 Å². The Bertz CT molecular complexity index is 771. The standard InChI is InChI=1S/C19H24FN3O3/c1-12-5-7-21-23(12)8-6-18(25)22-19(14-9-15(24)10-14)13-3-4-17(26-2)16(20)11-13/h3-5,7,11,14-15,19,24H,6,8-10H2,1-2H3,(H,22,25)/t14?,15?,19-/m1/s1. The van der Waals surface area contributed by atoms with Gasteiger partial charge in [0.2, 0.25) is 5.91 Å². The van der Waals surface area contributed by atoms with Gasteiger partial charge in [-0.2, -0.15) is 5.10 Å². The van der Waals surface area contributed by atoms with E-state index in [1.165, 1.54) is 13.2 Å². The molecule has 1 aromatic heterocycles. The Kier molecular flexibility index (Phi) is 5.56. The van der Waals surface area contributed by atoms with E-state index >= 15 is 0 Å². The van der Waals surface area contributed by atoms with Crippen LogP contribution in [-0.4, -0.2) is 34.0 Å². The Labute approximate surface area is 152 Å². The maximum Gasteiger partial charge on any atom is 0.222 e. The third-order valence-corrected chi connectivity index (χ3v) is 4.95. The molecular weight excluding hydrogens is 337 g/mol. The highest BCUT2D eigenvalue weighted by Crippen LogP contribution is 2.39. The van der Waals surface area contributed by atoms with Gasteiger partial charge in [-0.15, -0.1) is 0 Å². The van der Waals surface area contributed by atoms with Crippen molar-refractivity contribution in [2.24, 2.45) is 5.92 Å². The molecule has 3 rings (SSSR count). The van der Waals surface area contributed by atoms with Gasteiger partial charge < -0.3 is 15.2 Å². The number of aromatic nitrogens is 2. The van der Waals surface area contributed by atoms with Crippen molar-refractivity contribution in [2.45, 2.75) is 44.9 Å². The largest absolute Gasteiger partial charge is 0.494 e. The lowest BCUT2D eigenvalue weighted by Gasteiger charge is -2.38. The number of aliphatic hydroxyl groups is 1. The van der Waals surface area contributed by atoms with Gasteiger partial charge in [0.05, 0.1) is 19.3 Å². The molecule has 7 heteroatoms. The van der Waals surface area contributed by atoms with Crippen LogP contribution < -0.4 is 10.1 Å². The van der Waals surface area contributed by atoms with E-state index in [4.69, 9.17) is 4.74 Å². The predicted molar refractivity (Wildman–Crippen MR) is 94.1 cm³/mol. The van der Waals surface area contributed by atoms with Crippen molar-refractivity contribution in [3.05, 3.63) is 47.5 Å². The fraction of sp³-hybridized carbons (Fsp3) is 0.474. The van der Waals surface area contributed by atoms with Gasteiger partial charge >= 0.3 is 0 Å². The minimum Gasteiger partial charge on any atom is -0.494 e. The molecule has 0 saturated heterocycles. The number of aliphatic hydroxyl groups excluding tert-OH is 1. The molecule has 1 fully saturated rings. The third kappa shape index (κ3) is 4.04. The molecule has 1 atom stereocenters. The summed E-state index contributed by atoms with van der Waals surface area (Å²) < 4.78 is 20.8. The lowest BCUT2D eigenvalue weighted by Crippen LogP contribution is -2.41. The Morgan fingerprint density at radius 3 is 2.81 bits per heavy atom. The van der Waals surface area contributed by atoms with Gasteiger partial charge in [-0.05, 0) is 49.4 Å². The van der Waals surface area contributed by atoms with E-state index in [9.17, 15) is 14.3 Å².